The zero-order valence-electron chi connectivity index (χ0n) is 6.52. The van der Waals surface area contributed by atoms with Crippen molar-refractivity contribution in [2.24, 2.45) is 5.92 Å². The van der Waals surface area contributed by atoms with E-state index in [4.69, 9.17) is 9.84 Å². The normalized spacial score (nSPS) is 40.4. The number of esters is 1. The second-order valence-corrected chi connectivity index (χ2v) is 2.92. The molecule has 1 aliphatic heterocycles. The molecule has 0 amide bonds. The van der Waals surface area contributed by atoms with Gasteiger partial charge in [0.1, 0.15) is 6.10 Å². The summed E-state index contributed by atoms with van der Waals surface area (Å²) in [6.45, 7) is 3.06. The molecule has 0 aliphatic carbocycles. The summed E-state index contributed by atoms with van der Waals surface area (Å²) in [4.78, 5) is 10.8. The summed E-state index contributed by atoms with van der Waals surface area (Å²) >= 11 is 0. The maximum atomic E-state index is 10.8. The highest BCUT2D eigenvalue weighted by Crippen LogP contribution is 2.23. The van der Waals surface area contributed by atoms with Gasteiger partial charge in [-0.3, -0.25) is 4.79 Å². The number of carbonyl (C=O) groups is 1. The lowest BCUT2D eigenvalue weighted by Gasteiger charge is -2.15. The number of carbonyl (C=O) groups excluding carboxylic acids is 1. The van der Waals surface area contributed by atoms with Crippen LogP contribution in [0.5, 0.6) is 0 Å². The smallest absolute Gasteiger partial charge is 0.311 e. The fourth-order valence-corrected chi connectivity index (χ4v) is 1.12. The van der Waals surface area contributed by atoms with Crippen LogP contribution in [0.25, 0.3) is 0 Å². The van der Waals surface area contributed by atoms with Crippen LogP contribution in [0, 0.1) is 5.92 Å². The van der Waals surface area contributed by atoms with Gasteiger partial charge in [-0.2, -0.15) is 0 Å². The Morgan fingerprint density at radius 3 is 2.36 bits per heavy atom. The molecule has 0 radical (unpaired) electrons. The van der Waals surface area contributed by atoms with Crippen LogP contribution >= 0.6 is 0 Å². The molecular formula is C7H12O4. The average molecular weight is 160 g/mol. The molecule has 0 saturated carbocycles. The lowest BCUT2D eigenvalue weighted by molar-refractivity contribution is -0.147. The predicted molar refractivity (Wildman–Crippen MR) is 36.7 cm³/mol. The zero-order chi connectivity index (χ0) is 8.59. The number of aliphatic hydroxyl groups excluding tert-OH is 2. The van der Waals surface area contributed by atoms with Crippen LogP contribution in [0.2, 0.25) is 0 Å². The molecule has 4 unspecified atom stereocenters. The third-order valence-corrected chi connectivity index (χ3v) is 1.95. The Hall–Kier alpha value is -0.610. The van der Waals surface area contributed by atoms with E-state index in [1.165, 1.54) is 6.92 Å². The van der Waals surface area contributed by atoms with Gasteiger partial charge in [0.25, 0.3) is 0 Å². The second kappa shape index (κ2) is 2.79. The first-order valence-corrected chi connectivity index (χ1v) is 3.60. The summed E-state index contributed by atoms with van der Waals surface area (Å²) < 4.78 is 4.71. The van der Waals surface area contributed by atoms with Gasteiger partial charge in [0, 0.05) is 0 Å². The van der Waals surface area contributed by atoms with Gasteiger partial charge in [0.05, 0.1) is 12.0 Å². The van der Waals surface area contributed by atoms with Crippen molar-refractivity contribution in [2.45, 2.75) is 32.2 Å². The molecule has 4 nitrogen and oxygen atoms in total. The van der Waals surface area contributed by atoms with E-state index in [1.807, 2.05) is 0 Å². The molecule has 0 bridgehead atoms. The van der Waals surface area contributed by atoms with Gasteiger partial charge in [-0.05, 0) is 13.8 Å². The Kier molecular flexibility index (Phi) is 2.15. The van der Waals surface area contributed by atoms with Crippen LogP contribution in [-0.4, -0.2) is 34.5 Å². The van der Waals surface area contributed by atoms with Gasteiger partial charge in [-0.25, -0.2) is 0 Å². The molecule has 64 valence electrons. The number of rotatable bonds is 1. The number of ether oxygens (including phenoxy) is 1. The van der Waals surface area contributed by atoms with Crippen molar-refractivity contribution in [3.8, 4) is 0 Å². The van der Waals surface area contributed by atoms with Crippen molar-refractivity contribution < 1.29 is 19.7 Å². The van der Waals surface area contributed by atoms with Gasteiger partial charge in [0.2, 0.25) is 0 Å². The second-order valence-electron chi connectivity index (χ2n) is 2.92. The molecule has 1 rings (SSSR count). The summed E-state index contributed by atoms with van der Waals surface area (Å²) in [6.07, 6.45) is -2.43. The van der Waals surface area contributed by atoms with Crippen LogP contribution in [0.15, 0.2) is 0 Å². The molecule has 11 heavy (non-hydrogen) atoms. The van der Waals surface area contributed by atoms with Crippen molar-refractivity contribution in [2.75, 3.05) is 0 Å². The predicted octanol–water partition coefficient (Wildman–Crippen LogP) is -0.710. The maximum absolute atomic E-state index is 10.8. The van der Waals surface area contributed by atoms with Gasteiger partial charge >= 0.3 is 5.97 Å². The molecule has 4 heteroatoms. The molecule has 1 saturated heterocycles. The quantitative estimate of drug-likeness (QED) is 0.497. The summed E-state index contributed by atoms with van der Waals surface area (Å²) in [6, 6.07) is 0. The van der Waals surface area contributed by atoms with Crippen LogP contribution in [0.4, 0.5) is 0 Å². The van der Waals surface area contributed by atoms with Gasteiger partial charge < -0.3 is 14.9 Å². The van der Waals surface area contributed by atoms with Crippen LogP contribution < -0.4 is 0 Å². The minimum atomic E-state index is -0.873. The van der Waals surface area contributed by atoms with Crippen molar-refractivity contribution in [3.05, 3.63) is 0 Å². The van der Waals surface area contributed by atoms with E-state index in [9.17, 15) is 9.90 Å². The van der Waals surface area contributed by atoms with Crippen molar-refractivity contribution in [3.63, 3.8) is 0 Å². The minimum absolute atomic E-state index is 0.441. The zero-order valence-corrected chi connectivity index (χ0v) is 6.52. The van der Waals surface area contributed by atoms with Crippen LogP contribution in [-0.2, 0) is 9.53 Å². The third kappa shape index (κ3) is 1.36. The Labute approximate surface area is 64.8 Å². The fraction of sp³-hybridized carbons (Fsp3) is 0.857. The van der Waals surface area contributed by atoms with Crippen molar-refractivity contribution >= 4 is 5.97 Å². The molecule has 0 aromatic carbocycles. The summed E-state index contributed by atoms with van der Waals surface area (Å²) in [5.41, 5.74) is 0. The van der Waals surface area contributed by atoms with Crippen LogP contribution in [0.3, 0.4) is 0 Å². The van der Waals surface area contributed by atoms with Crippen molar-refractivity contribution in [1.82, 2.24) is 0 Å². The van der Waals surface area contributed by atoms with E-state index in [1.54, 1.807) is 6.92 Å². The van der Waals surface area contributed by atoms with E-state index in [0.29, 0.717) is 0 Å². The number of hydrogen-bond acceptors (Lipinski definition) is 4. The Morgan fingerprint density at radius 2 is 2.18 bits per heavy atom. The molecule has 1 fully saturated rings. The Morgan fingerprint density at radius 1 is 1.64 bits per heavy atom. The highest BCUT2D eigenvalue weighted by molar-refractivity contribution is 5.75. The summed E-state index contributed by atoms with van der Waals surface area (Å²) in [7, 11) is 0. The first kappa shape index (κ1) is 8.49. The molecule has 4 atom stereocenters. The lowest BCUT2D eigenvalue weighted by Crippen LogP contribution is -2.34. The SMILES string of the molecule is CC(O)C1OC(=O)C(C)C1O. The highest BCUT2D eigenvalue weighted by atomic mass is 16.6. The fourth-order valence-electron chi connectivity index (χ4n) is 1.12. The average Bonchev–Trinajstić information content (AvgIpc) is 2.17. The Balaban J connectivity index is 2.67. The molecular weight excluding hydrogens is 148 g/mol. The number of hydrogen-bond donors (Lipinski definition) is 2. The van der Waals surface area contributed by atoms with Gasteiger partial charge in [0.15, 0.2) is 6.10 Å². The van der Waals surface area contributed by atoms with E-state index in [-0.39, 0.29) is 0 Å². The molecule has 0 aromatic heterocycles. The largest absolute Gasteiger partial charge is 0.457 e. The maximum Gasteiger partial charge on any atom is 0.311 e. The van der Waals surface area contributed by atoms with E-state index in [2.05, 4.69) is 0 Å². The monoisotopic (exact) mass is 160 g/mol. The van der Waals surface area contributed by atoms with Gasteiger partial charge in [-0.15, -0.1) is 0 Å². The minimum Gasteiger partial charge on any atom is -0.457 e. The first-order valence-electron chi connectivity index (χ1n) is 3.60. The van der Waals surface area contributed by atoms with E-state index < -0.39 is 30.2 Å². The lowest BCUT2D eigenvalue weighted by atomic mass is 10.0. The van der Waals surface area contributed by atoms with E-state index in [0.717, 1.165) is 0 Å². The van der Waals surface area contributed by atoms with Crippen molar-refractivity contribution in [1.29, 1.82) is 0 Å². The molecule has 2 N–H and O–H groups in total. The first-order chi connectivity index (χ1) is 5.04. The molecule has 1 heterocycles. The molecule has 1 aliphatic rings. The number of cyclic esters (lactones) is 1. The van der Waals surface area contributed by atoms with Gasteiger partial charge in [-0.1, -0.05) is 0 Å². The standard InChI is InChI=1S/C7H12O4/c1-3-5(9)6(4(2)8)11-7(3)10/h3-6,8-9H,1-2H3. The van der Waals surface area contributed by atoms with Crippen LogP contribution in [0.1, 0.15) is 13.8 Å². The molecule has 0 aromatic rings. The molecule has 0 spiro atoms. The number of aliphatic hydroxyl groups is 2. The Bertz CT molecular complexity index is 166. The topological polar surface area (TPSA) is 66.8 Å². The summed E-state index contributed by atoms with van der Waals surface area (Å²) in [5, 5.41) is 18.3. The van der Waals surface area contributed by atoms with E-state index >= 15 is 0 Å². The summed E-state index contributed by atoms with van der Waals surface area (Å²) in [5.74, 6) is -0.960. The third-order valence-electron chi connectivity index (χ3n) is 1.95. The highest BCUT2D eigenvalue weighted by Gasteiger charge is 2.42.